The molecule has 1 atom stereocenters. The maximum absolute atomic E-state index is 6.73. The van der Waals surface area contributed by atoms with Crippen molar-refractivity contribution in [1.29, 1.82) is 0 Å². The van der Waals surface area contributed by atoms with Gasteiger partial charge in [-0.2, -0.15) is 0 Å². The average Bonchev–Trinajstić information content (AvgIpc) is 2.11. The lowest BCUT2D eigenvalue weighted by atomic mass is 10.3. The molecule has 68 valence electrons. The van der Waals surface area contributed by atoms with Crippen LogP contribution in [-0.4, -0.2) is 39.5 Å². The Morgan fingerprint density at radius 1 is 1.55 bits per heavy atom. The van der Waals surface area contributed by atoms with Crippen molar-refractivity contribution in [1.82, 2.24) is 0 Å². The van der Waals surface area contributed by atoms with Crippen molar-refractivity contribution in [3.05, 3.63) is 0 Å². The Balaban J connectivity index is 3.14. The lowest BCUT2D eigenvalue weighted by Crippen LogP contribution is -2.32. The van der Waals surface area contributed by atoms with Crippen LogP contribution in [0.15, 0.2) is 0 Å². The monoisotopic (exact) mass is 165 g/mol. The molecule has 0 amide bonds. The molecule has 0 heterocycles. The topological polar surface area (TPSA) is 70.5 Å². The summed E-state index contributed by atoms with van der Waals surface area (Å²) in [4.78, 5) is 0. The Morgan fingerprint density at radius 3 is 2.82 bits per heavy atom. The van der Waals surface area contributed by atoms with Crippen LogP contribution in [0.1, 0.15) is 9.16 Å². The van der Waals surface area contributed by atoms with E-state index in [1.165, 1.54) is 0 Å². The van der Waals surface area contributed by atoms with E-state index >= 15 is 0 Å². The molecule has 1 unspecified atom stereocenters. The van der Waals surface area contributed by atoms with Crippen LogP contribution in [0.5, 0.6) is 0 Å². The third-order valence-electron chi connectivity index (χ3n) is 1.29. The van der Waals surface area contributed by atoms with Gasteiger partial charge in [0.1, 0.15) is 0 Å². The van der Waals surface area contributed by atoms with Crippen LogP contribution in [0.3, 0.4) is 0 Å². The van der Waals surface area contributed by atoms with Crippen LogP contribution in [0.2, 0.25) is 0 Å². The van der Waals surface area contributed by atoms with Gasteiger partial charge in [0.15, 0.2) is 0 Å². The molecule has 0 fully saturated rings. The fraction of sp³-hybridized carbons (Fsp3) is 1.00. The van der Waals surface area contributed by atoms with E-state index in [0.29, 0.717) is 32.7 Å². The van der Waals surface area contributed by atoms with Crippen LogP contribution in [-0.2, 0) is 9.47 Å². The standard InChI is InChI=1S/C7H18N2O2/c1-10-3-2-4-11-7(5-8)6-9/h7H,2-6,8-9H2,1H3/i1TD. The third kappa shape index (κ3) is 6.25. The first-order valence-corrected chi connectivity index (χ1v) is 3.68. The summed E-state index contributed by atoms with van der Waals surface area (Å²) in [5.41, 5.74) is 10.7. The summed E-state index contributed by atoms with van der Waals surface area (Å²) in [6.45, 7) is 1.69. The van der Waals surface area contributed by atoms with Crippen molar-refractivity contribution in [3.8, 4) is 0 Å². The van der Waals surface area contributed by atoms with Gasteiger partial charge in [-0.1, -0.05) is 0 Å². The Labute approximate surface area is 70.6 Å². The summed E-state index contributed by atoms with van der Waals surface area (Å²) in [5, 5.41) is 0. The predicted molar refractivity (Wildman–Crippen MR) is 44.3 cm³/mol. The fourth-order valence-electron chi connectivity index (χ4n) is 0.625. The van der Waals surface area contributed by atoms with Crippen molar-refractivity contribution in [2.24, 2.45) is 11.5 Å². The maximum Gasteiger partial charge on any atom is 0.0819 e. The van der Waals surface area contributed by atoms with Gasteiger partial charge < -0.3 is 20.9 Å². The van der Waals surface area contributed by atoms with Crippen molar-refractivity contribution in [2.45, 2.75) is 12.5 Å². The minimum atomic E-state index is -1.21. The van der Waals surface area contributed by atoms with Crippen molar-refractivity contribution < 1.29 is 12.2 Å². The molecule has 0 aromatic carbocycles. The molecule has 0 aromatic rings. The SMILES string of the molecule is [2H]C([3H])OCCCOC(CN)CN. The summed E-state index contributed by atoms with van der Waals surface area (Å²) in [6, 6.07) is 0. The van der Waals surface area contributed by atoms with Crippen LogP contribution in [0.25, 0.3) is 0 Å². The fourth-order valence-corrected chi connectivity index (χ4v) is 0.625. The van der Waals surface area contributed by atoms with E-state index in [2.05, 4.69) is 4.74 Å². The van der Waals surface area contributed by atoms with Gasteiger partial charge in [0.25, 0.3) is 0 Å². The quantitative estimate of drug-likeness (QED) is 0.491. The Bertz CT molecular complexity index is 113. The van der Waals surface area contributed by atoms with Crippen molar-refractivity contribution in [3.63, 3.8) is 0 Å². The van der Waals surface area contributed by atoms with Gasteiger partial charge in [-0.25, -0.2) is 0 Å². The van der Waals surface area contributed by atoms with E-state index in [1.54, 1.807) is 0 Å². The molecular weight excluding hydrogens is 144 g/mol. The van der Waals surface area contributed by atoms with Crippen LogP contribution >= 0.6 is 0 Å². The molecule has 0 bridgehead atoms. The van der Waals surface area contributed by atoms with Crippen LogP contribution < -0.4 is 11.5 Å². The van der Waals surface area contributed by atoms with E-state index in [4.69, 9.17) is 18.9 Å². The van der Waals surface area contributed by atoms with Gasteiger partial charge in [0, 0.05) is 33.4 Å². The molecule has 4 heteroatoms. The molecule has 0 aromatic heterocycles. The van der Waals surface area contributed by atoms with Gasteiger partial charge in [-0.05, 0) is 6.42 Å². The zero-order valence-corrected chi connectivity index (χ0v) is 6.66. The van der Waals surface area contributed by atoms with Gasteiger partial charge >= 0.3 is 0 Å². The second kappa shape index (κ2) is 7.94. The Morgan fingerprint density at radius 2 is 2.27 bits per heavy atom. The van der Waals surface area contributed by atoms with Gasteiger partial charge in [-0.15, -0.1) is 0 Å². The third-order valence-corrected chi connectivity index (χ3v) is 1.29. The van der Waals surface area contributed by atoms with E-state index in [1.807, 2.05) is 0 Å². The molecule has 0 radical (unpaired) electrons. The molecule has 0 aliphatic rings. The van der Waals surface area contributed by atoms with E-state index < -0.39 is 7.06 Å². The number of hydrogen-bond acceptors (Lipinski definition) is 4. The van der Waals surface area contributed by atoms with E-state index in [-0.39, 0.29) is 6.10 Å². The first kappa shape index (κ1) is 7.49. The first-order chi connectivity index (χ1) is 6.20. The lowest BCUT2D eigenvalue weighted by Gasteiger charge is -2.12. The molecule has 0 rings (SSSR count). The summed E-state index contributed by atoms with van der Waals surface area (Å²) in [6.07, 6.45) is 0.563. The molecule has 0 aliphatic carbocycles. The lowest BCUT2D eigenvalue weighted by molar-refractivity contribution is 0.0497. The molecule has 4 nitrogen and oxygen atoms in total. The number of hydrogen-bond donors (Lipinski definition) is 2. The molecule has 0 spiro atoms. The zero-order chi connectivity index (χ0) is 10.1. The summed E-state index contributed by atoms with van der Waals surface area (Å²) >= 11 is 0. The average molecular weight is 165 g/mol. The second-order valence-corrected chi connectivity index (χ2v) is 2.19. The minimum absolute atomic E-state index is 0.0946. The highest BCUT2D eigenvalue weighted by Crippen LogP contribution is 1.89. The molecule has 0 aliphatic heterocycles. The van der Waals surface area contributed by atoms with Gasteiger partial charge in [0.2, 0.25) is 0 Å². The smallest absolute Gasteiger partial charge is 0.0819 e. The normalized spacial score (nSPS) is 16.3. The van der Waals surface area contributed by atoms with Crippen LogP contribution in [0.4, 0.5) is 0 Å². The number of nitrogens with two attached hydrogens (primary N) is 2. The largest absolute Gasteiger partial charge is 0.385 e. The van der Waals surface area contributed by atoms with E-state index in [9.17, 15) is 0 Å². The minimum Gasteiger partial charge on any atom is -0.385 e. The predicted octanol–water partition coefficient (Wildman–Crippen LogP) is -0.674. The van der Waals surface area contributed by atoms with Gasteiger partial charge in [-0.3, -0.25) is 0 Å². The highest BCUT2D eigenvalue weighted by molar-refractivity contribution is 4.57. The Kier molecular flexibility index (Phi) is 5.41. The molecule has 0 saturated heterocycles. The van der Waals surface area contributed by atoms with Gasteiger partial charge in [0.05, 0.1) is 8.85 Å². The number of methoxy groups -OCH3 is 1. The number of ether oxygens (including phenoxy) is 2. The van der Waals surface area contributed by atoms with Crippen molar-refractivity contribution in [2.75, 3.05) is 33.4 Å². The maximum atomic E-state index is 6.73. The van der Waals surface area contributed by atoms with Crippen LogP contribution in [0, 0.1) is 0 Å². The molecule has 0 saturated carbocycles. The second-order valence-electron chi connectivity index (χ2n) is 2.19. The highest BCUT2D eigenvalue weighted by Gasteiger charge is 2.01. The van der Waals surface area contributed by atoms with Crippen molar-refractivity contribution >= 4 is 0 Å². The highest BCUT2D eigenvalue weighted by atomic mass is 16.5. The number of rotatable bonds is 7. The molecule has 11 heavy (non-hydrogen) atoms. The molecule has 4 N–H and O–H groups in total. The summed E-state index contributed by atoms with van der Waals surface area (Å²) in [7, 11) is -1.21. The summed E-state index contributed by atoms with van der Waals surface area (Å²) in [5.74, 6) is 0. The van der Waals surface area contributed by atoms with E-state index in [0.717, 1.165) is 0 Å². The Hall–Kier alpha value is -0.160. The molecular formula is C7H18N2O2. The first-order valence-electron chi connectivity index (χ1n) is 4.84. The summed E-state index contributed by atoms with van der Waals surface area (Å²) < 4.78 is 23.4. The zero-order valence-electron chi connectivity index (χ0n) is 8.66.